The van der Waals surface area contributed by atoms with Crippen LogP contribution in [0.1, 0.15) is 19.8 Å². The van der Waals surface area contributed by atoms with E-state index in [-0.39, 0.29) is 6.61 Å². The van der Waals surface area contributed by atoms with Gasteiger partial charge < -0.3 is 20.1 Å². The molecule has 0 aromatic carbocycles. The van der Waals surface area contributed by atoms with Crippen LogP contribution in [-0.2, 0) is 4.74 Å². The molecule has 0 unspecified atom stereocenters. The van der Waals surface area contributed by atoms with Crippen molar-refractivity contribution in [2.75, 3.05) is 52.5 Å². The van der Waals surface area contributed by atoms with Gasteiger partial charge in [-0.2, -0.15) is 0 Å². The van der Waals surface area contributed by atoms with Crippen molar-refractivity contribution in [3.8, 4) is 0 Å². The van der Waals surface area contributed by atoms with Crippen molar-refractivity contribution in [2.24, 2.45) is 5.92 Å². The minimum atomic E-state index is 0.130. The third-order valence-electron chi connectivity index (χ3n) is 3.18. The van der Waals surface area contributed by atoms with Crippen LogP contribution >= 0.6 is 0 Å². The zero-order valence-electron chi connectivity index (χ0n) is 10.5. The molecule has 96 valence electrons. The topological polar surface area (TPSA) is 44.7 Å². The lowest BCUT2D eigenvalue weighted by molar-refractivity contribution is 0.0648. The number of aliphatic hydroxyl groups is 1. The van der Waals surface area contributed by atoms with Crippen LogP contribution in [0.25, 0.3) is 0 Å². The van der Waals surface area contributed by atoms with Crippen LogP contribution in [0.5, 0.6) is 0 Å². The number of aliphatic hydroxyl groups excluding tert-OH is 1. The average Bonchev–Trinajstić information content (AvgIpc) is 2.33. The van der Waals surface area contributed by atoms with E-state index in [2.05, 4.69) is 17.1 Å². The molecule has 0 spiro atoms. The Hall–Kier alpha value is -0.160. The highest BCUT2D eigenvalue weighted by Crippen LogP contribution is 2.15. The van der Waals surface area contributed by atoms with Crippen LogP contribution in [0, 0.1) is 5.92 Å². The number of piperidine rings is 1. The summed E-state index contributed by atoms with van der Waals surface area (Å²) in [6.07, 6.45) is 2.60. The van der Waals surface area contributed by atoms with Crippen molar-refractivity contribution in [2.45, 2.75) is 19.8 Å². The van der Waals surface area contributed by atoms with Crippen LogP contribution in [0.15, 0.2) is 0 Å². The fraction of sp³-hybridized carbons (Fsp3) is 1.00. The van der Waals surface area contributed by atoms with Gasteiger partial charge in [-0.15, -0.1) is 0 Å². The van der Waals surface area contributed by atoms with Crippen LogP contribution in [0.2, 0.25) is 0 Å². The first-order valence-electron chi connectivity index (χ1n) is 6.48. The fourth-order valence-corrected chi connectivity index (χ4v) is 2.12. The number of nitrogens with one attached hydrogen (secondary N) is 1. The standard InChI is InChI=1S/C12H26N2O2/c1-2-13-11-12-3-5-14(6-4-12)7-9-16-10-8-15/h12-13,15H,2-11H2,1H3. The van der Waals surface area contributed by atoms with E-state index in [0.29, 0.717) is 6.61 Å². The number of hydrogen-bond acceptors (Lipinski definition) is 4. The molecule has 0 aromatic rings. The summed E-state index contributed by atoms with van der Waals surface area (Å²) >= 11 is 0. The second-order valence-corrected chi connectivity index (χ2v) is 4.43. The molecule has 1 heterocycles. The van der Waals surface area contributed by atoms with Crippen LogP contribution < -0.4 is 5.32 Å². The number of likely N-dealkylation sites (tertiary alicyclic amines) is 1. The second kappa shape index (κ2) is 8.93. The molecule has 2 N–H and O–H groups in total. The molecule has 4 heteroatoms. The Morgan fingerprint density at radius 2 is 2.06 bits per heavy atom. The molecule has 0 saturated carbocycles. The molecule has 1 aliphatic rings. The maximum absolute atomic E-state index is 8.57. The Balaban J connectivity index is 1.98. The van der Waals surface area contributed by atoms with E-state index in [1.807, 2.05) is 0 Å². The molecule has 1 rings (SSSR count). The largest absolute Gasteiger partial charge is 0.394 e. The van der Waals surface area contributed by atoms with Gasteiger partial charge in [0.25, 0.3) is 0 Å². The molecule has 0 aliphatic carbocycles. The van der Waals surface area contributed by atoms with Crippen LogP contribution in [-0.4, -0.2) is 62.6 Å². The molecular weight excluding hydrogens is 204 g/mol. The average molecular weight is 230 g/mol. The highest BCUT2D eigenvalue weighted by atomic mass is 16.5. The summed E-state index contributed by atoms with van der Waals surface area (Å²) in [4.78, 5) is 2.46. The summed E-state index contributed by atoms with van der Waals surface area (Å²) in [5.74, 6) is 0.856. The van der Waals surface area contributed by atoms with Gasteiger partial charge in [0.2, 0.25) is 0 Å². The first-order chi connectivity index (χ1) is 7.86. The molecule has 0 atom stereocenters. The Labute approximate surface area is 99.0 Å². The van der Waals surface area contributed by atoms with Gasteiger partial charge in [-0.25, -0.2) is 0 Å². The van der Waals surface area contributed by atoms with Gasteiger partial charge in [-0.1, -0.05) is 6.92 Å². The molecule has 1 aliphatic heterocycles. The molecular formula is C12H26N2O2. The lowest BCUT2D eigenvalue weighted by Gasteiger charge is -2.31. The predicted octanol–water partition coefficient (Wildman–Crippen LogP) is 0.317. The zero-order valence-corrected chi connectivity index (χ0v) is 10.5. The van der Waals surface area contributed by atoms with Gasteiger partial charge >= 0.3 is 0 Å². The van der Waals surface area contributed by atoms with Gasteiger partial charge in [0, 0.05) is 6.54 Å². The van der Waals surface area contributed by atoms with E-state index in [1.54, 1.807) is 0 Å². The monoisotopic (exact) mass is 230 g/mol. The second-order valence-electron chi connectivity index (χ2n) is 4.43. The number of ether oxygens (including phenoxy) is 1. The first kappa shape index (κ1) is 13.9. The minimum absolute atomic E-state index is 0.130. The van der Waals surface area contributed by atoms with Crippen LogP contribution in [0.3, 0.4) is 0 Å². The van der Waals surface area contributed by atoms with Gasteiger partial charge in [-0.05, 0) is 44.9 Å². The van der Waals surface area contributed by atoms with Crippen molar-refractivity contribution in [3.63, 3.8) is 0 Å². The molecule has 0 bridgehead atoms. The quantitative estimate of drug-likeness (QED) is 0.589. The molecule has 0 radical (unpaired) electrons. The van der Waals surface area contributed by atoms with Gasteiger partial charge in [0.05, 0.1) is 19.8 Å². The third-order valence-corrected chi connectivity index (χ3v) is 3.18. The number of hydrogen-bond donors (Lipinski definition) is 2. The fourth-order valence-electron chi connectivity index (χ4n) is 2.12. The normalized spacial score (nSPS) is 19.1. The van der Waals surface area contributed by atoms with E-state index >= 15 is 0 Å². The lowest BCUT2D eigenvalue weighted by atomic mass is 9.97. The van der Waals surface area contributed by atoms with Gasteiger partial charge in [0.15, 0.2) is 0 Å². The zero-order chi connectivity index (χ0) is 11.6. The van der Waals surface area contributed by atoms with Crippen molar-refractivity contribution in [3.05, 3.63) is 0 Å². The lowest BCUT2D eigenvalue weighted by Crippen LogP contribution is -2.38. The maximum Gasteiger partial charge on any atom is 0.0698 e. The molecule has 4 nitrogen and oxygen atoms in total. The molecule has 1 saturated heterocycles. The number of nitrogens with zero attached hydrogens (tertiary/aromatic N) is 1. The SMILES string of the molecule is CCNCC1CCN(CCOCCO)CC1. The molecule has 0 aromatic heterocycles. The Morgan fingerprint density at radius 3 is 2.69 bits per heavy atom. The molecule has 1 fully saturated rings. The van der Waals surface area contributed by atoms with Crippen molar-refractivity contribution in [1.82, 2.24) is 10.2 Å². The van der Waals surface area contributed by atoms with E-state index in [4.69, 9.17) is 9.84 Å². The first-order valence-corrected chi connectivity index (χ1v) is 6.48. The van der Waals surface area contributed by atoms with Crippen molar-refractivity contribution in [1.29, 1.82) is 0 Å². The van der Waals surface area contributed by atoms with Crippen LogP contribution in [0.4, 0.5) is 0 Å². The highest BCUT2D eigenvalue weighted by molar-refractivity contribution is 4.73. The summed E-state index contributed by atoms with van der Waals surface area (Å²) in [7, 11) is 0. The van der Waals surface area contributed by atoms with E-state index in [9.17, 15) is 0 Å². The summed E-state index contributed by atoms with van der Waals surface area (Å²) in [6.45, 7) is 9.15. The highest BCUT2D eigenvalue weighted by Gasteiger charge is 2.17. The maximum atomic E-state index is 8.57. The Kier molecular flexibility index (Phi) is 7.76. The van der Waals surface area contributed by atoms with E-state index in [0.717, 1.165) is 25.6 Å². The third kappa shape index (κ3) is 5.80. The summed E-state index contributed by atoms with van der Waals surface area (Å²) in [5, 5.41) is 12.0. The minimum Gasteiger partial charge on any atom is -0.394 e. The Morgan fingerprint density at radius 1 is 1.31 bits per heavy atom. The van der Waals surface area contributed by atoms with Gasteiger partial charge in [0.1, 0.15) is 0 Å². The van der Waals surface area contributed by atoms with E-state index in [1.165, 1.54) is 32.5 Å². The molecule has 0 amide bonds. The van der Waals surface area contributed by atoms with E-state index < -0.39 is 0 Å². The smallest absolute Gasteiger partial charge is 0.0698 e. The van der Waals surface area contributed by atoms with Gasteiger partial charge in [-0.3, -0.25) is 0 Å². The summed E-state index contributed by atoms with van der Waals surface area (Å²) < 4.78 is 5.27. The van der Waals surface area contributed by atoms with Crippen molar-refractivity contribution >= 4 is 0 Å². The summed E-state index contributed by atoms with van der Waals surface area (Å²) in [5.41, 5.74) is 0. The molecule has 16 heavy (non-hydrogen) atoms. The predicted molar refractivity (Wildman–Crippen MR) is 65.6 cm³/mol. The summed E-state index contributed by atoms with van der Waals surface area (Å²) in [6, 6.07) is 0. The van der Waals surface area contributed by atoms with Crippen molar-refractivity contribution < 1.29 is 9.84 Å². The number of rotatable bonds is 8. The Bertz CT molecular complexity index is 159.